The van der Waals surface area contributed by atoms with Crippen molar-refractivity contribution in [1.82, 2.24) is 4.98 Å². The molecule has 0 fully saturated rings. The van der Waals surface area contributed by atoms with Crippen molar-refractivity contribution in [2.24, 2.45) is 0 Å². The molecule has 0 saturated carbocycles. The topological polar surface area (TPSA) is 34.2 Å². The molecule has 3 nitrogen and oxygen atoms in total. The van der Waals surface area contributed by atoms with Gasteiger partial charge in [-0.05, 0) is 24.4 Å². The molecule has 1 heterocycles. The number of methoxy groups -OCH3 is 1. The summed E-state index contributed by atoms with van der Waals surface area (Å²) in [7, 11) is 1.71. The predicted octanol–water partition coefficient (Wildman–Crippen LogP) is 4.40. The van der Waals surface area contributed by atoms with E-state index in [1.807, 2.05) is 18.3 Å². The first kappa shape index (κ1) is 12.9. The second-order valence-electron chi connectivity index (χ2n) is 4.42. The van der Waals surface area contributed by atoms with E-state index in [0.29, 0.717) is 0 Å². The molecule has 0 aliphatic carbocycles. The first-order valence-electron chi connectivity index (χ1n) is 6.59. The molecule has 1 N–H and O–H groups in total. The van der Waals surface area contributed by atoms with Gasteiger partial charge in [-0.1, -0.05) is 35.6 Å². The van der Waals surface area contributed by atoms with Gasteiger partial charge in [0.15, 0.2) is 5.13 Å². The second kappa shape index (κ2) is 5.51. The number of hydrogen-bond donors (Lipinski definition) is 1. The maximum atomic E-state index is 5.44. The summed E-state index contributed by atoms with van der Waals surface area (Å²) >= 11 is 1.68. The molecule has 0 aliphatic heterocycles. The van der Waals surface area contributed by atoms with E-state index in [4.69, 9.17) is 4.74 Å². The Bertz CT molecular complexity index is 736. The van der Waals surface area contributed by atoms with Gasteiger partial charge in [0, 0.05) is 23.7 Å². The van der Waals surface area contributed by atoms with E-state index >= 15 is 0 Å². The zero-order valence-corrected chi connectivity index (χ0v) is 12.3. The first-order valence-corrected chi connectivity index (χ1v) is 7.41. The molecule has 1 aromatic heterocycles. The molecule has 0 saturated heterocycles. The minimum Gasteiger partial charge on any atom is -0.496 e. The number of fused-ring (bicyclic) bond motifs is 1. The van der Waals surface area contributed by atoms with Crippen LogP contribution in [-0.4, -0.2) is 18.6 Å². The van der Waals surface area contributed by atoms with Crippen LogP contribution in [-0.2, 0) is 0 Å². The number of anilines is 1. The lowest BCUT2D eigenvalue weighted by Crippen LogP contribution is -1.94. The number of nitrogens with zero attached hydrogens (tertiary/aromatic N) is 1. The van der Waals surface area contributed by atoms with Crippen molar-refractivity contribution in [1.29, 1.82) is 0 Å². The highest BCUT2D eigenvalue weighted by Crippen LogP contribution is 2.37. The van der Waals surface area contributed by atoms with Crippen LogP contribution in [0.1, 0.15) is 6.92 Å². The molecule has 0 amide bonds. The van der Waals surface area contributed by atoms with E-state index in [1.165, 1.54) is 15.8 Å². The van der Waals surface area contributed by atoms with Crippen LogP contribution in [0.3, 0.4) is 0 Å². The summed E-state index contributed by atoms with van der Waals surface area (Å²) in [6, 6.07) is 12.4. The van der Waals surface area contributed by atoms with Crippen molar-refractivity contribution in [3.05, 3.63) is 42.6 Å². The molecular weight excluding hydrogens is 268 g/mol. The summed E-state index contributed by atoms with van der Waals surface area (Å²) < 4.78 is 5.44. The Labute approximate surface area is 122 Å². The van der Waals surface area contributed by atoms with Crippen LogP contribution in [0.5, 0.6) is 5.75 Å². The number of aromatic nitrogens is 1. The number of hydrogen-bond acceptors (Lipinski definition) is 4. The summed E-state index contributed by atoms with van der Waals surface area (Å²) in [6.45, 7) is 2.96. The van der Waals surface area contributed by atoms with Gasteiger partial charge in [0.1, 0.15) is 5.75 Å². The lowest BCUT2D eigenvalue weighted by atomic mass is 10.0. The summed E-state index contributed by atoms with van der Waals surface area (Å²) in [5, 5.41) is 6.54. The average molecular weight is 284 g/mol. The van der Waals surface area contributed by atoms with Gasteiger partial charge in [-0.15, -0.1) is 0 Å². The fraction of sp³-hybridized carbons (Fsp3) is 0.188. The number of nitrogens with one attached hydrogen (secondary N) is 1. The molecule has 3 aromatic rings. The Balaban J connectivity index is 2.15. The largest absolute Gasteiger partial charge is 0.496 e. The molecule has 0 spiro atoms. The molecule has 0 bridgehead atoms. The van der Waals surface area contributed by atoms with E-state index in [9.17, 15) is 0 Å². The van der Waals surface area contributed by atoms with Gasteiger partial charge < -0.3 is 10.1 Å². The zero-order chi connectivity index (χ0) is 13.9. The highest BCUT2D eigenvalue weighted by atomic mass is 32.1. The van der Waals surface area contributed by atoms with E-state index in [-0.39, 0.29) is 0 Å². The standard InChI is InChI=1S/C16H16N2OS/c1-3-17-16-18-10-15(20-16)13-8-9-14(19-2)12-7-5-4-6-11(12)13/h4-10H,3H2,1-2H3,(H,17,18). The van der Waals surface area contributed by atoms with Gasteiger partial charge in [0.25, 0.3) is 0 Å². The normalized spacial score (nSPS) is 10.7. The third kappa shape index (κ3) is 2.23. The first-order chi connectivity index (χ1) is 9.83. The van der Waals surface area contributed by atoms with Crippen LogP contribution in [0.2, 0.25) is 0 Å². The Hall–Kier alpha value is -2.07. The lowest BCUT2D eigenvalue weighted by molar-refractivity contribution is 0.420. The molecule has 20 heavy (non-hydrogen) atoms. The van der Waals surface area contributed by atoms with Gasteiger partial charge in [-0.25, -0.2) is 4.98 Å². The fourth-order valence-electron chi connectivity index (χ4n) is 2.30. The van der Waals surface area contributed by atoms with Crippen molar-refractivity contribution < 1.29 is 4.74 Å². The molecule has 0 atom stereocenters. The maximum absolute atomic E-state index is 5.44. The predicted molar refractivity (Wildman–Crippen MR) is 85.8 cm³/mol. The number of thiazole rings is 1. The Kier molecular flexibility index (Phi) is 3.56. The van der Waals surface area contributed by atoms with Crippen LogP contribution >= 0.6 is 11.3 Å². The number of rotatable bonds is 4. The van der Waals surface area contributed by atoms with Crippen molar-refractivity contribution in [2.75, 3.05) is 19.0 Å². The van der Waals surface area contributed by atoms with Gasteiger partial charge >= 0.3 is 0 Å². The fourth-order valence-corrected chi connectivity index (χ4v) is 3.22. The Morgan fingerprint density at radius 2 is 1.95 bits per heavy atom. The molecule has 0 unspecified atom stereocenters. The van der Waals surface area contributed by atoms with Gasteiger partial charge in [0.2, 0.25) is 0 Å². The van der Waals surface area contributed by atoms with E-state index < -0.39 is 0 Å². The molecule has 2 aromatic carbocycles. The van der Waals surface area contributed by atoms with Gasteiger partial charge in [-0.3, -0.25) is 0 Å². The lowest BCUT2D eigenvalue weighted by Gasteiger charge is -2.08. The minimum atomic E-state index is 0.885. The van der Waals surface area contributed by atoms with E-state index in [0.717, 1.165) is 22.8 Å². The SMILES string of the molecule is CCNc1ncc(-c2ccc(OC)c3ccccc23)s1. The molecule has 0 radical (unpaired) electrons. The van der Waals surface area contributed by atoms with Crippen LogP contribution in [0.4, 0.5) is 5.13 Å². The van der Waals surface area contributed by atoms with Crippen molar-refractivity contribution in [2.45, 2.75) is 6.92 Å². The van der Waals surface area contributed by atoms with E-state index in [2.05, 4.69) is 41.5 Å². The third-order valence-electron chi connectivity index (χ3n) is 3.20. The molecule has 3 rings (SSSR count). The highest BCUT2D eigenvalue weighted by molar-refractivity contribution is 7.19. The smallest absolute Gasteiger partial charge is 0.183 e. The third-order valence-corrected chi connectivity index (χ3v) is 4.19. The van der Waals surface area contributed by atoms with Crippen LogP contribution in [0.25, 0.3) is 21.2 Å². The number of benzene rings is 2. The maximum Gasteiger partial charge on any atom is 0.183 e. The molecule has 0 aliphatic rings. The highest BCUT2D eigenvalue weighted by Gasteiger charge is 2.10. The summed E-state index contributed by atoms with van der Waals surface area (Å²) in [5.74, 6) is 0.903. The van der Waals surface area contributed by atoms with Crippen molar-refractivity contribution >= 4 is 27.2 Å². The summed E-state index contributed by atoms with van der Waals surface area (Å²) in [4.78, 5) is 5.57. The minimum absolute atomic E-state index is 0.885. The Morgan fingerprint density at radius 3 is 2.70 bits per heavy atom. The van der Waals surface area contributed by atoms with Crippen molar-refractivity contribution in [3.63, 3.8) is 0 Å². The zero-order valence-electron chi connectivity index (χ0n) is 11.5. The van der Waals surface area contributed by atoms with Crippen LogP contribution < -0.4 is 10.1 Å². The molecule has 102 valence electrons. The second-order valence-corrected chi connectivity index (χ2v) is 5.45. The Morgan fingerprint density at radius 1 is 1.15 bits per heavy atom. The molecule has 4 heteroatoms. The summed E-state index contributed by atoms with van der Waals surface area (Å²) in [5.41, 5.74) is 1.20. The molecular formula is C16H16N2OS. The van der Waals surface area contributed by atoms with Gasteiger partial charge in [0.05, 0.1) is 12.0 Å². The van der Waals surface area contributed by atoms with Gasteiger partial charge in [-0.2, -0.15) is 0 Å². The number of ether oxygens (including phenoxy) is 1. The monoisotopic (exact) mass is 284 g/mol. The summed E-state index contributed by atoms with van der Waals surface area (Å²) in [6.07, 6.45) is 1.93. The van der Waals surface area contributed by atoms with Crippen molar-refractivity contribution in [3.8, 4) is 16.2 Å². The van der Waals surface area contributed by atoms with Crippen LogP contribution in [0.15, 0.2) is 42.6 Å². The van der Waals surface area contributed by atoms with Crippen LogP contribution in [0, 0.1) is 0 Å². The van der Waals surface area contributed by atoms with E-state index in [1.54, 1.807) is 18.4 Å². The quantitative estimate of drug-likeness (QED) is 0.771. The average Bonchev–Trinajstić information content (AvgIpc) is 2.95.